The van der Waals surface area contributed by atoms with Gasteiger partial charge in [0.05, 0.1) is 6.04 Å². The van der Waals surface area contributed by atoms with E-state index in [1.54, 1.807) is 0 Å². The lowest BCUT2D eigenvalue weighted by molar-refractivity contribution is 0.267. The first-order valence-corrected chi connectivity index (χ1v) is 6.41. The Bertz CT molecular complexity index is 342. The highest BCUT2D eigenvalue weighted by Crippen LogP contribution is 2.15. The molecule has 2 N–H and O–H groups in total. The number of aromatic nitrogens is 2. The number of hydrogen-bond acceptors (Lipinski definition) is 5. The van der Waals surface area contributed by atoms with Crippen molar-refractivity contribution >= 4 is 28.5 Å². The summed E-state index contributed by atoms with van der Waals surface area (Å²) in [6.45, 7) is 3.59. The van der Waals surface area contributed by atoms with Crippen LogP contribution in [0.3, 0.4) is 0 Å². The minimum absolute atomic E-state index is 0.318. The van der Waals surface area contributed by atoms with E-state index in [0.717, 1.165) is 29.2 Å². The number of halogens is 1. The predicted octanol–water partition coefficient (Wildman–Crippen LogP) is 0.160. The van der Waals surface area contributed by atoms with E-state index in [-0.39, 0.29) is 0 Å². The summed E-state index contributed by atoms with van der Waals surface area (Å²) in [4.78, 5) is 13.2. The van der Waals surface area contributed by atoms with Crippen LogP contribution >= 0.6 is 22.6 Å². The van der Waals surface area contributed by atoms with Crippen LogP contribution in [0.2, 0.25) is 0 Å². The predicted molar refractivity (Wildman–Crippen MR) is 72.4 cm³/mol. The lowest BCUT2D eigenvalue weighted by Gasteiger charge is -2.39. The SMILES string of the molecule is CN1CCN(c2ncc(I)cn2)C(CN)C1. The Balaban J connectivity index is 2.15. The van der Waals surface area contributed by atoms with Crippen LogP contribution in [0.1, 0.15) is 0 Å². The highest BCUT2D eigenvalue weighted by molar-refractivity contribution is 14.1. The zero-order chi connectivity index (χ0) is 11.5. The molecule has 0 amide bonds. The number of rotatable bonds is 2. The second kappa shape index (κ2) is 5.24. The molecule has 1 aliphatic rings. The average Bonchev–Trinajstić information content (AvgIpc) is 2.30. The largest absolute Gasteiger partial charge is 0.334 e. The number of hydrogen-bond donors (Lipinski definition) is 1. The molecular formula is C10H16IN5. The van der Waals surface area contributed by atoms with Gasteiger partial charge in [-0.3, -0.25) is 0 Å². The van der Waals surface area contributed by atoms with Gasteiger partial charge in [-0.05, 0) is 29.6 Å². The lowest BCUT2D eigenvalue weighted by Crippen LogP contribution is -2.55. The third-order valence-corrected chi connectivity index (χ3v) is 3.38. The summed E-state index contributed by atoms with van der Waals surface area (Å²) in [5.41, 5.74) is 5.80. The Hall–Kier alpha value is -0.470. The van der Waals surface area contributed by atoms with Crippen LogP contribution in [-0.4, -0.2) is 54.1 Å². The minimum atomic E-state index is 0.318. The van der Waals surface area contributed by atoms with Crippen molar-refractivity contribution < 1.29 is 0 Å². The fourth-order valence-corrected chi connectivity index (χ4v) is 2.21. The maximum absolute atomic E-state index is 5.80. The van der Waals surface area contributed by atoms with Crippen molar-refractivity contribution in [2.24, 2.45) is 5.73 Å². The van der Waals surface area contributed by atoms with Crippen molar-refractivity contribution in [3.05, 3.63) is 16.0 Å². The van der Waals surface area contributed by atoms with Crippen LogP contribution in [0.15, 0.2) is 12.4 Å². The molecule has 2 rings (SSSR count). The van der Waals surface area contributed by atoms with Gasteiger partial charge < -0.3 is 15.5 Å². The normalized spacial score (nSPS) is 22.4. The summed E-state index contributed by atoms with van der Waals surface area (Å²) in [6, 6.07) is 0.318. The molecule has 0 aromatic carbocycles. The number of nitrogens with two attached hydrogens (primary N) is 1. The van der Waals surface area contributed by atoms with Gasteiger partial charge in [-0.15, -0.1) is 0 Å². The van der Waals surface area contributed by atoms with E-state index in [1.165, 1.54) is 0 Å². The van der Waals surface area contributed by atoms with E-state index in [4.69, 9.17) is 5.73 Å². The third kappa shape index (κ3) is 2.61. The van der Waals surface area contributed by atoms with E-state index >= 15 is 0 Å². The van der Waals surface area contributed by atoms with Crippen molar-refractivity contribution in [1.82, 2.24) is 14.9 Å². The number of likely N-dealkylation sites (N-methyl/N-ethyl adjacent to an activating group) is 1. The summed E-state index contributed by atoms with van der Waals surface area (Å²) in [7, 11) is 2.12. The van der Waals surface area contributed by atoms with Gasteiger partial charge in [0.25, 0.3) is 0 Å². The van der Waals surface area contributed by atoms with Gasteiger partial charge in [-0.1, -0.05) is 0 Å². The molecule has 1 unspecified atom stereocenters. The molecule has 1 saturated heterocycles. The van der Waals surface area contributed by atoms with Crippen molar-refractivity contribution in [1.29, 1.82) is 0 Å². The molecule has 16 heavy (non-hydrogen) atoms. The Morgan fingerprint density at radius 3 is 2.75 bits per heavy atom. The minimum Gasteiger partial charge on any atom is -0.334 e. The molecule has 1 fully saturated rings. The molecule has 0 spiro atoms. The Kier molecular flexibility index (Phi) is 3.93. The van der Waals surface area contributed by atoms with Gasteiger partial charge in [-0.25, -0.2) is 9.97 Å². The van der Waals surface area contributed by atoms with Gasteiger partial charge in [0.15, 0.2) is 0 Å². The fraction of sp³-hybridized carbons (Fsp3) is 0.600. The zero-order valence-corrected chi connectivity index (χ0v) is 11.5. The van der Waals surface area contributed by atoms with Gasteiger partial charge in [0.1, 0.15) is 0 Å². The van der Waals surface area contributed by atoms with Crippen LogP contribution in [0.5, 0.6) is 0 Å². The number of anilines is 1. The van der Waals surface area contributed by atoms with Crippen molar-refractivity contribution in [2.75, 3.05) is 38.1 Å². The summed E-state index contributed by atoms with van der Waals surface area (Å²) in [5, 5.41) is 0. The van der Waals surface area contributed by atoms with E-state index in [9.17, 15) is 0 Å². The summed E-state index contributed by atoms with van der Waals surface area (Å²) in [6.07, 6.45) is 3.68. The van der Waals surface area contributed by atoms with Crippen LogP contribution in [0, 0.1) is 3.57 Å². The Labute approximate surface area is 109 Å². The molecule has 6 heteroatoms. The molecule has 1 aromatic rings. The summed E-state index contributed by atoms with van der Waals surface area (Å²) >= 11 is 2.21. The molecular weight excluding hydrogens is 317 g/mol. The molecule has 0 aliphatic carbocycles. The fourth-order valence-electron chi connectivity index (χ4n) is 1.93. The van der Waals surface area contributed by atoms with E-state index in [1.807, 2.05) is 12.4 Å². The van der Waals surface area contributed by atoms with Gasteiger partial charge in [0, 0.05) is 42.1 Å². The van der Waals surface area contributed by atoms with Crippen LogP contribution in [-0.2, 0) is 0 Å². The smallest absolute Gasteiger partial charge is 0.225 e. The highest BCUT2D eigenvalue weighted by atomic mass is 127. The molecule has 0 saturated carbocycles. The molecule has 1 aromatic heterocycles. The third-order valence-electron chi connectivity index (χ3n) is 2.82. The maximum Gasteiger partial charge on any atom is 0.225 e. The highest BCUT2D eigenvalue weighted by Gasteiger charge is 2.25. The van der Waals surface area contributed by atoms with Crippen LogP contribution < -0.4 is 10.6 Å². The molecule has 0 radical (unpaired) electrons. The van der Waals surface area contributed by atoms with Gasteiger partial charge >= 0.3 is 0 Å². The summed E-state index contributed by atoms with van der Waals surface area (Å²) < 4.78 is 1.06. The van der Waals surface area contributed by atoms with Gasteiger partial charge in [-0.2, -0.15) is 0 Å². The first kappa shape index (κ1) is 12.0. The first-order valence-electron chi connectivity index (χ1n) is 5.33. The second-order valence-electron chi connectivity index (χ2n) is 4.05. The lowest BCUT2D eigenvalue weighted by atomic mass is 10.2. The maximum atomic E-state index is 5.80. The molecule has 1 atom stereocenters. The Morgan fingerprint density at radius 1 is 1.44 bits per heavy atom. The van der Waals surface area contributed by atoms with E-state index in [2.05, 4.69) is 49.4 Å². The topological polar surface area (TPSA) is 58.3 Å². The van der Waals surface area contributed by atoms with Crippen LogP contribution in [0.25, 0.3) is 0 Å². The molecule has 5 nitrogen and oxygen atoms in total. The number of nitrogens with zero attached hydrogens (tertiary/aromatic N) is 4. The van der Waals surface area contributed by atoms with Crippen molar-refractivity contribution in [3.8, 4) is 0 Å². The zero-order valence-electron chi connectivity index (χ0n) is 9.30. The summed E-state index contributed by atoms with van der Waals surface area (Å²) in [5.74, 6) is 0.795. The Morgan fingerprint density at radius 2 is 2.12 bits per heavy atom. The molecule has 88 valence electrons. The molecule has 1 aliphatic heterocycles. The first-order chi connectivity index (χ1) is 7.70. The monoisotopic (exact) mass is 333 g/mol. The van der Waals surface area contributed by atoms with E-state index in [0.29, 0.717) is 12.6 Å². The van der Waals surface area contributed by atoms with Crippen molar-refractivity contribution in [2.45, 2.75) is 6.04 Å². The quantitative estimate of drug-likeness (QED) is 0.782. The second-order valence-corrected chi connectivity index (χ2v) is 5.29. The molecule has 2 heterocycles. The van der Waals surface area contributed by atoms with Gasteiger partial charge in [0.2, 0.25) is 5.95 Å². The van der Waals surface area contributed by atoms with E-state index < -0.39 is 0 Å². The van der Waals surface area contributed by atoms with Crippen molar-refractivity contribution in [3.63, 3.8) is 0 Å². The number of piperazine rings is 1. The average molecular weight is 333 g/mol. The standard InChI is InChI=1S/C10H16IN5/c1-15-2-3-16(9(4-12)7-15)10-13-5-8(11)6-14-10/h5-6,9H,2-4,7,12H2,1H3. The van der Waals surface area contributed by atoms with Crippen LogP contribution in [0.4, 0.5) is 5.95 Å². The molecule has 0 bridgehead atoms.